The Labute approximate surface area is 107 Å². The molecule has 88 valence electrons. The highest BCUT2D eigenvalue weighted by atomic mass is 79.9. The maximum atomic E-state index is 5.79. The van der Waals surface area contributed by atoms with Crippen molar-refractivity contribution < 1.29 is 9.16 Å². The summed E-state index contributed by atoms with van der Waals surface area (Å²) in [6, 6.07) is 8.01. The number of hydrogen-bond donors (Lipinski definition) is 0. The lowest BCUT2D eigenvalue weighted by Gasteiger charge is -2.20. The molecule has 1 aromatic rings. The molecule has 0 radical (unpaired) electrons. The van der Waals surface area contributed by atoms with Gasteiger partial charge in [0, 0.05) is 10.5 Å². The Kier molecular flexibility index (Phi) is 4.62. The molecule has 1 aromatic carbocycles. The molecule has 0 aromatic heterocycles. The predicted octanol–water partition coefficient (Wildman–Crippen LogP) is 4.25. The first-order valence-electron chi connectivity index (χ1n) is 5.11. The van der Waals surface area contributed by atoms with E-state index in [1.165, 1.54) is 0 Å². The molecule has 0 saturated heterocycles. The van der Waals surface area contributed by atoms with Gasteiger partial charge in [-0.05, 0) is 37.3 Å². The summed E-state index contributed by atoms with van der Waals surface area (Å²) >= 11 is 3.40. The Hall–Kier alpha value is -0.743. The molecule has 1 rings (SSSR count). The van der Waals surface area contributed by atoms with Gasteiger partial charge >= 0.3 is 0 Å². The lowest BCUT2D eigenvalue weighted by atomic mass is 10.2. The SMILES string of the molecule is CO/C(=C/c1ccc(Br)cc1)O[Si](C)(C)C. The summed E-state index contributed by atoms with van der Waals surface area (Å²) in [6.07, 6.45) is 1.91. The van der Waals surface area contributed by atoms with Crippen molar-refractivity contribution in [3.8, 4) is 0 Å². The summed E-state index contributed by atoms with van der Waals surface area (Å²) in [7, 11) is 0.0212. The number of methoxy groups -OCH3 is 1. The Bertz CT molecular complexity index is 366. The highest BCUT2D eigenvalue weighted by molar-refractivity contribution is 9.10. The van der Waals surface area contributed by atoms with Crippen LogP contribution < -0.4 is 0 Å². The topological polar surface area (TPSA) is 18.5 Å². The van der Waals surface area contributed by atoms with Gasteiger partial charge in [-0.1, -0.05) is 28.1 Å². The second kappa shape index (κ2) is 5.55. The number of ether oxygens (including phenoxy) is 1. The maximum Gasteiger partial charge on any atom is 0.265 e. The highest BCUT2D eigenvalue weighted by Gasteiger charge is 2.18. The van der Waals surface area contributed by atoms with Gasteiger partial charge in [-0.3, -0.25) is 0 Å². The summed E-state index contributed by atoms with van der Waals surface area (Å²) in [6.45, 7) is 6.38. The molecule has 0 aliphatic rings. The van der Waals surface area contributed by atoms with Crippen LogP contribution in [0.5, 0.6) is 0 Å². The van der Waals surface area contributed by atoms with Gasteiger partial charge < -0.3 is 9.16 Å². The summed E-state index contributed by atoms with van der Waals surface area (Å²) in [5, 5.41) is 0. The largest absolute Gasteiger partial charge is 0.520 e. The van der Waals surface area contributed by atoms with Crippen LogP contribution in [0.2, 0.25) is 19.6 Å². The van der Waals surface area contributed by atoms with Gasteiger partial charge in [-0.2, -0.15) is 0 Å². The molecule has 2 nitrogen and oxygen atoms in total. The van der Waals surface area contributed by atoms with E-state index < -0.39 is 8.32 Å². The average molecular weight is 301 g/mol. The second-order valence-corrected chi connectivity index (χ2v) is 9.78. The zero-order valence-electron chi connectivity index (χ0n) is 10.1. The van der Waals surface area contributed by atoms with Crippen LogP contribution in [0.25, 0.3) is 6.08 Å². The molecule has 0 N–H and O–H groups in total. The monoisotopic (exact) mass is 300 g/mol. The summed E-state index contributed by atoms with van der Waals surface area (Å²) in [5.74, 6) is 0.585. The molecule has 0 unspecified atom stereocenters. The Morgan fingerprint density at radius 3 is 2.19 bits per heavy atom. The summed E-state index contributed by atoms with van der Waals surface area (Å²) < 4.78 is 12.1. The Morgan fingerprint density at radius 2 is 1.75 bits per heavy atom. The molecule has 4 heteroatoms. The smallest absolute Gasteiger partial charge is 0.265 e. The second-order valence-electron chi connectivity index (χ2n) is 4.43. The fourth-order valence-corrected chi connectivity index (χ4v) is 2.14. The van der Waals surface area contributed by atoms with Crippen LogP contribution >= 0.6 is 15.9 Å². The van der Waals surface area contributed by atoms with Crippen molar-refractivity contribution >= 4 is 30.3 Å². The predicted molar refractivity (Wildman–Crippen MR) is 73.6 cm³/mol. The van der Waals surface area contributed by atoms with Crippen LogP contribution in [0.3, 0.4) is 0 Å². The first-order chi connectivity index (χ1) is 7.40. The molecule has 0 heterocycles. The molecular weight excluding hydrogens is 284 g/mol. The van der Waals surface area contributed by atoms with Crippen LogP contribution in [-0.2, 0) is 9.16 Å². The third-order valence-corrected chi connectivity index (χ3v) is 3.10. The van der Waals surface area contributed by atoms with Gasteiger partial charge in [-0.15, -0.1) is 0 Å². The first kappa shape index (κ1) is 13.3. The van der Waals surface area contributed by atoms with Crippen molar-refractivity contribution in [1.82, 2.24) is 0 Å². The molecule has 0 amide bonds. The van der Waals surface area contributed by atoms with Crippen molar-refractivity contribution in [1.29, 1.82) is 0 Å². The lowest BCUT2D eigenvalue weighted by Crippen LogP contribution is -2.25. The lowest BCUT2D eigenvalue weighted by molar-refractivity contribution is 0.152. The van der Waals surface area contributed by atoms with Crippen molar-refractivity contribution in [2.45, 2.75) is 19.6 Å². The number of benzene rings is 1. The fourth-order valence-electron chi connectivity index (χ4n) is 1.13. The standard InChI is InChI=1S/C12H17BrO2Si/c1-14-12(15-16(2,3)4)9-10-5-7-11(13)8-6-10/h5-9H,1-4H3/b12-9-. The van der Waals surface area contributed by atoms with Gasteiger partial charge in [0.05, 0.1) is 7.11 Å². The minimum absolute atomic E-state index is 0.585. The molecule has 16 heavy (non-hydrogen) atoms. The van der Waals surface area contributed by atoms with E-state index in [4.69, 9.17) is 9.16 Å². The fraction of sp³-hybridized carbons (Fsp3) is 0.333. The van der Waals surface area contributed by atoms with Crippen molar-refractivity contribution in [2.75, 3.05) is 7.11 Å². The third-order valence-electron chi connectivity index (χ3n) is 1.76. The van der Waals surface area contributed by atoms with Gasteiger partial charge in [0.1, 0.15) is 0 Å². The number of halogens is 1. The van der Waals surface area contributed by atoms with E-state index in [0.717, 1.165) is 10.0 Å². The van der Waals surface area contributed by atoms with Gasteiger partial charge in [0.2, 0.25) is 8.32 Å². The van der Waals surface area contributed by atoms with E-state index in [0.29, 0.717) is 5.95 Å². The van der Waals surface area contributed by atoms with Crippen LogP contribution in [0.4, 0.5) is 0 Å². The molecule has 0 fully saturated rings. The van der Waals surface area contributed by atoms with E-state index in [9.17, 15) is 0 Å². The third kappa shape index (κ3) is 4.85. The molecule has 0 bridgehead atoms. The van der Waals surface area contributed by atoms with Gasteiger partial charge in [-0.25, -0.2) is 0 Å². The minimum Gasteiger partial charge on any atom is -0.520 e. The van der Waals surface area contributed by atoms with E-state index in [2.05, 4.69) is 35.6 Å². The van der Waals surface area contributed by atoms with Crippen molar-refractivity contribution in [2.24, 2.45) is 0 Å². The summed E-state index contributed by atoms with van der Waals surface area (Å²) in [4.78, 5) is 0. The Balaban J connectivity index is 2.83. The quantitative estimate of drug-likeness (QED) is 0.611. The highest BCUT2D eigenvalue weighted by Crippen LogP contribution is 2.16. The first-order valence-corrected chi connectivity index (χ1v) is 9.31. The normalized spacial score (nSPS) is 12.4. The van der Waals surface area contributed by atoms with E-state index in [1.54, 1.807) is 7.11 Å². The molecule has 0 aliphatic heterocycles. The number of hydrogen-bond acceptors (Lipinski definition) is 2. The van der Waals surface area contributed by atoms with Crippen LogP contribution in [0.1, 0.15) is 5.56 Å². The minimum atomic E-state index is -1.61. The Morgan fingerprint density at radius 1 is 1.19 bits per heavy atom. The molecule has 0 saturated carbocycles. The van der Waals surface area contributed by atoms with Crippen molar-refractivity contribution in [3.05, 3.63) is 40.2 Å². The molecule has 0 aliphatic carbocycles. The van der Waals surface area contributed by atoms with E-state index in [-0.39, 0.29) is 0 Å². The summed E-state index contributed by atoms with van der Waals surface area (Å²) in [5.41, 5.74) is 1.07. The molecular formula is C12H17BrO2Si. The van der Waals surface area contributed by atoms with Crippen LogP contribution in [0, 0.1) is 0 Å². The maximum absolute atomic E-state index is 5.79. The molecule has 0 atom stereocenters. The van der Waals surface area contributed by atoms with E-state index >= 15 is 0 Å². The van der Waals surface area contributed by atoms with Crippen LogP contribution in [-0.4, -0.2) is 15.4 Å². The van der Waals surface area contributed by atoms with E-state index in [1.807, 2.05) is 30.3 Å². The van der Waals surface area contributed by atoms with Gasteiger partial charge in [0.25, 0.3) is 5.95 Å². The average Bonchev–Trinajstić information content (AvgIpc) is 2.18. The van der Waals surface area contributed by atoms with Crippen molar-refractivity contribution in [3.63, 3.8) is 0 Å². The zero-order valence-corrected chi connectivity index (χ0v) is 12.7. The zero-order chi connectivity index (χ0) is 12.2. The van der Waals surface area contributed by atoms with Gasteiger partial charge in [0.15, 0.2) is 0 Å². The van der Waals surface area contributed by atoms with Crippen LogP contribution in [0.15, 0.2) is 34.7 Å². The molecule has 0 spiro atoms. The number of rotatable bonds is 4.